The van der Waals surface area contributed by atoms with Gasteiger partial charge in [0.15, 0.2) is 5.96 Å². The summed E-state index contributed by atoms with van der Waals surface area (Å²) in [7, 11) is 0. The lowest BCUT2D eigenvalue weighted by molar-refractivity contribution is -0.131. The van der Waals surface area contributed by atoms with Crippen molar-refractivity contribution in [2.75, 3.05) is 25.0 Å². The third-order valence-corrected chi connectivity index (χ3v) is 5.69. The molecule has 1 amide bonds. The van der Waals surface area contributed by atoms with Crippen LogP contribution in [0.4, 0.5) is 5.69 Å². The standard InChI is InChI=1S/C24H30N4O.HI/c29-23(28-18-20-10-5-6-11-21(20)19-28)14-9-15-25-24(27-16-7-2-8-17-27)26-22-12-3-1-4-13-22;/h1,3-6,10-13H,2,7-9,14-19H2,(H,25,26);1H. The third-order valence-electron chi connectivity index (χ3n) is 5.69. The number of amides is 1. The molecule has 6 heteroatoms. The van der Waals surface area contributed by atoms with E-state index < -0.39 is 0 Å². The van der Waals surface area contributed by atoms with E-state index in [9.17, 15) is 4.79 Å². The van der Waals surface area contributed by atoms with Crippen LogP contribution in [0, 0.1) is 0 Å². The van der Waals surface area contributed by atoms with Crippen LogP contribution in [-0.2, 0) is 17.9 Å². The van der Waals surface area contributed by atoms with Crippen LogP contribution in [0.2, 0.25) is 0 Å². The second-order valence-electron chi connectivity index (χ2n) is 7.87. The van der Waals surface area contributed by atoms with Crippen LogP contribution in [0.15, 0.2) is 59.6 Å². The van der Waals surface area contributed by atoms with Gasteiger partial charge in [0.1, 0.15) is 0 Å². The Morgan fingerprint density at radius 1 is 0.867 bits per heavy atom. The lowest BCUT2D eigenvalue weighted by atomic mass is 10.1. The van der Waals surface area contributed by atoms with E-state index in [1.807, 2.05) is 35.2 Å². The van der Waals surface area contributed by atoms with Gasteiger partial charge < -0.3 is 15.1 Å². The summed E-state index contributed by atoms with van der Waals surface area (Å²) in [5.74, 6) is 1.17. The van der Waals surface area contributed by atoms with Crippen molar-refractivity contribution in [2.24, 2.45) is 4.99 Å². The lowest BCUT2D eigenvalue weighted by Gasteiger charge is -2.30. The Bertz CT molecular complexity index is 824. The van der Waals surface area contributed by atoms with Crippen LogP contribution in [0.1, 0.15) is 43.2 Å². The molecule has 0 unspecified atom stereocenters. The van der Waals surface area contributed by atoms with Gasteiger partial charge >= 0.3 is 0 Å². The Labute approximate surface area is 196 Å². The number of carbonyl (C=O) groups excluding carboxylic acids is 1. The third kappa shape index (κ3) is 5.97. The quantitative estimate of drug-likeness (QED) is 0.266. The van der Waals surface area contributed by atoms with Gasteiger partial charge in [0, 0.05) is 44.8 Å². The fourth-order valence-electron chi connectivity index (χ4n) is 4.06. The second kappa shape index (κ2) is 11.3. The molecule has 0 aromatic heterocycles. The van der Waals surface area contributed by atoms with Gasteiger partial charge in [-0.05, 0) is 48.9 Å². The minimum Gasteiger partial charge on any atom is -0.343 e. The monoisotopic (exact) mass is 518 g/mol. The number of hydrogen-bond donors (Lipinski definition) is 1. The van der Waals surface area contributed by atoms with Crippen LogP contribution >= 0.6 is 24.0 Å². The van der Waals surface area contributed by atoms with Gasteiger partial charge in [-0.3, -0.25) is 9.79 Å². The van der Waals surface area contributed by atoms with Crippen LogP contribution in [0.3, 0.4) is 0 Å². The summed E-state index contributed by atoms with van der Waals surface area (Å²) in [5.41, 5.74) is 3.61. The molecule has 0 aliphatic carbocycles. The molecule has 1 saturated heterocycles. The van der Waals surface area contributed by atoms with Gasteiger partial charge in [-0.25, -0.2) is 0 Å². The number of anilines is 1. The minimum absolute atomic E-state index is 0. The highest BCUT2D eigenvalue weighted by atomic mass is 127. The van der Waals surface area contributed by atoms with Crippen LogP contribution in [-0.4, -0.2) is 41.3 Å². The maximum atomic E-state index is 12.6. The average Bonchev–Trinajstić information content (AvgIpc) is 3.21. The van der Waals surface area contributed by atoms with Gasteiger partial charge in [0.2, 0.25) is 5.91 Å². The maximum absolute atomic E-state index is 12.6. The number of fused-ring (bicyclic) bond motifs is 1. The molecule has 2 aliphatic heterocycles. The van der Waals surface area contributed by atoms with E-state index in [2.05, 4.69) is 34.5 Å². The van der Waals surface area contributed by atoms with Gasteiger partial charge in [0.25, 0.3) is 0 Å². The molecule has 1 fully saturated rings. The first-order valence-electron chi connectivity index (χ1n) is 10.8. The van der Waals surface area contributed by atoms with E-state index >= 15 is 0 Å². The van der Waals surface area contributed by atoms with Crippen LogP contribution in [0.5, 0.6) is 0 Å². The second-order valence-corrected chi connectivity index (χ2v) is 7.87. The number of aliphatic imine (C=N–C) groups is 1. The van der Waals surface area contributed by atoms with Crippen molar-refractivity contribution in [1.82, 2.24) is 9.80 Å². The fourth-order valence-corrected chi connectivity index (χ4v) is 4.06. The normalized spacial score (nSPS) is 16.1. The number of guanidine groups is 1. The molecule has 0 bridgehead atoms. The number of para-hydroxylation sites is 1. The largest absolute Gasteiger partial charge is 0.343 e. The zero-order chi connectivity index (χ0) is 19.9. The number of halogens is 1. The van der Waals surface area contributed by atoms with Gasteiger partial charge in [0.05, 0.1) is 0 Å². The Kier molecular flexibility index (Phi) is 8.54. The van der Waals surface area contributed by atoms with Crippen molar-refractivity contribution < 1.29 is 4.79 Å². The van der Waals surface area contributed by atoms with Gasteiger partial charge in [-0.1, -0.05) is 42.5 Å². The molecule has 160 valence electrons. The molecule has 1 N–H and O–H groups in total. The molecule has 2 aliphatic rings. The minimum atomic E-state index is 0. The number of piperidine rings is 1. The molecular formula is C24H31IN4O. The first-order chi connectivity index (χ1) is 14.3. The molecule has 5 nitrogen and oxygen atoms in total. The average molecular weight is 518 g/mol. The maximum Gasteiger partial charge on any atom is 0.223 e. The highest BCUT2D eigenvalue weighted by Crippen LogP contribution is 2.23. The topological polar surface area (TPSA) is 47.9 Å². The van der Waals surface area contributed by atoms with E-state index in [4.69, 9.17) is 4.99 Å². The Morgan fingerprint density at radius 3 is 2.17 bits per heavy atom. The fraction of sp³-hybridized carbons (Fsp3) is 0.417. The summed E-state index contributed by atoms with van der Waals surface area (Å²) in [4.78, 5) is 21.7. The zero-order valence-electron chi connectivity index (χ0n) is 17.4. The van der Waals surface area contributed by atoms with Gasteiger partial charge in [-0.15, -0.1) is 24.0 Å². The Hall–Kier alpha value is -2.09. The van der Waals surface area contributed by atoms with E-state index in [1.165, 1.54) is 30.4 Å². The summed E-state index contributed by atoms with van der Waals surface area (Å²) in [6.45, 7) is 4.24. The number of rotatable bonds is 5. The summed E-state index contributed by atoms with van der Waals surface area (Å²) in [5, 5.41) is 3.48. The molecule has 2 aromatic rings. The van der Waals surface area contributed by atoms with Crippen molar-refractivity contribution in [3.8, 4) is 0 Å². The van der Waals surface area contributed by atoms with E-state index in [0.29, 0.717) is 13.0 Å². The molecule has 4 rings (SSSR count). The molecule has 0 radical (unpaired) electrons. The first-order valence-corrected chi connectivity index (χ1v) is 10.8. The van der Waals surface area contributed by atoms with Crippen molar-refractivity contribution in [3.63, 3.8) is 0 Å². The van der Waals surface area contributed by atoms with E-state index in [-0.39, 0.29) is 29.9 Å². The summed E-state index contributed by atoms with van der Waals surface area (Å²) in [6, 6.07) is 18.5. The predicted octanol–water partition coefficient (Wildman–Crippen LogP) is 4.88. The molecular weight excluding hydrogens is 487 g/mol. The zero-order valence-corrected chi connectivity index (χ0v) is 19.8. The number of carbonyl (C=O) groups is 1. The molecule has 0 atom stereocenters. The number of benzene rings is 2. The SMILES string of the molecule is I.O=C(CCCN=C(Nc1ccccc1)N1CCCCC1)N1Cc2ccccc2C1. The van der Waals surface area contributed by atoms with Crippen LogP contribution < -0.4 is 5.32 Å². The molecule has 30 heavy (non-hydrogen) atoms. The van der Waals surface area contributed by atoms with Crippen molar-refractivity contribution in [3.05, 3.63) is 65.7 Å². The van der Waals surface area contributed by atoms with Crippen LogP contribution in [0.25, 0.3) is 0 Å². The molecule has 2 heterocycles. The van der Waals surface area contributed by atoms with Crippen molar-refractivity contribution in [2.45, 2.75) is 45.2 Å². The highest BCUT2D eigenvalue weighted by molar-refractivity contribution is 14.0. The number of nitrogens with zero attached hydrogens (tertiary/aromatic N) is 3. The predicted molar refractivity (Wildman–Crippen MR) is 133 cm³/mol. The molecule has 0 spiro atoms. The van der Waals surface area contributed by atoms with Crippen molar-refractivity contribution in [1.29, 1.82) is 0 Å². The lowest BCUT2D eigenvalue weighted by Crippen LogP contribution is -2.40. The first kappa shape index (κ1) is 22.6. The van der Waals surface area contributed by atoms with Crippen molar-refractivity contribution >= 4 is 41.5 Å². The molecule has 2 aromatic carbocycles. The summed E-state index contributed by atoms with van der Waals surface area (Å²) in [6.07, 6.45) is 5.05. The summed E-state index contributed by atoms with van der Waals surface area (Å²) < 4.78 is 0. The number of nitrogens with one attached hydrogen (secondary N) is 1. The number of hydrogen-bond acceptors (Lipinski definition) is 2. The smallest absolute Gasteiger partial charge is 0.223 e. The molecule has 0 saturated carbocycles. The Balaban J connectivity index is 0.00000256. The summed E-state index contributed by atoms with van der Waals surface area (Å²) >= 11 is 0. The highest BCUT2D eigenvalue weighted by Gasteiger charge is 2.22. The van der Waals surface area contributed by atoms with E-state index in [1.54, 1.807) is 0 Å². The Morgan fingerprint density at radius 2 is 1.50 bits per heavy atom. The van der Waals surface area contributed by atoms with Gasteiger partial charge in [-0.2, -0.15) is 0 Å². The van der Waals surface area contributed by atoms with E-state index in [0.717, 1.165) is 44.2 Å². The number of likely N-dealkylation sites (tertiary alicyclic amines) is 1.